The maximum atomic E-state index is 14.9. The fourth-order valence-electron chi connectivity index (χ4n) is 9.22. The summed E-state index contributed by atoms with van der Waals surface area (Å²) in [5, 5.41) is 15.7. The molecule has 0 aliphatic heterocycles. The molecule has 16 nitrogen and oxygen atoms in total. The summed E-state index contributed by atoms with van der Waals surface area (Å²) in [7, 11) is 0. The molecule has 16 heteroatoms. The first kappa shape index (κ1) is 50.6. The summed E-state index contributed by atoms with van der Waals surface area (Å²) in [6.07, 6.45) is 4.18. The third-order valence-electron chi connectivity index (χ3n) is 13.0. The number of hydrogen-bond acceptors (Lipinski definition) is 7. The summed E-state index contributed by atoms with van der Waals surface area (Å²) in [5.41, 5.74) is 20.6. The minimum Gasteiger partial charge on any atom is -0.370 e. The molecule has 12 N–H and O–H groups in total. The van der Waals surface area contributed by atoms with E-state index in [9.17, 15) is 28.8 Å². The summed E-state index contributed by atoms with van der Waals surface area (Å²) >= 11 is 0. The number of H-pyrrole nitrogens is 1. The summed E-state index contributed by atoms with van der Waals surface area (Å²) in [6.45, 7) is 0.172. The van der Waals surface area contributed by atoms with Crippen LogP contribution in [0.4, 0.5) is 0 Å². The second-order valence-corrected chi connectivity index (χ2v) is 18.1. The molecule has 1 heterocycles. The number of nitrogens with two attached hydrogens (primary N) is 3. The molecule has 7 rings (SSSR count). The highest BCUT2D eigenvalue weighted by Gasteiger charge is 2.45. The number of guanidine groups is 1. The van der Waals surface area contributed by atoms with Gasteiger partial charge in [0.1, 0.15) is 23.7 Å². The molecule has 5 aromatic carbocycles. The lowest BCUT2D eigenvalue weighted by Gasteiger charge is -2.40. The molecular formula is C55H62N10O6. The van der Waals surface area contributed by atoms with E-state index < -0.39 is 53.2 Å². The lowest BCUT2D eigenvalue weighted by Crippen LogP contribution is -2.64. The van der Waals surface area contributed by atoms with E-state index in [0.29, 0.717) is 31.2 Å². The number of para-hydroxylation sites is 1. The number of aromatic amines is 1. The standard InChI is InChI=1S/C55H62N10O6/c56-49(67)41-21-12-18-38(30-41)34-61-50(68)47(33-42-35-60-44-23-11-10-22-43(42)44)63-51(69)45(24-13-29-59-54(57)58)62-52(70)46(31-36-14-4-1-5-15-36)64-53(71)55(65-48(66)32-37-16-6-2-7-17-37)27-25-40(26-28-55)39-19-8-3-9-20-39/h1-12,14-23,30,35,40,45-47,60H,13,24-29,31-34H2,(H2,56,67)(H,61,68)(H,62,70)(H,63,69)(H,64,71)(H,65,66)(H4,57,58,59)/t40?,45-,46+,47-,55?/m0/s1. The molecule has 1 saturated carbocycles. The second-order valence-electron chi connectivity index (χ2n) is 18.1. The number of rotatable bonds is 22. The van der Waals surface area contributed by atoms with E-state index in [1.54, 1.807) is 30.5 Å². The zero-order chi connectivity index (χ0) is 50.2. The van der Waals surface area contributed by atoms with Gasteiger partial charge in [-0.25, -0.2) is 0 Å². The van der Waals surface area contributed by atoms with Crippen LogP contribution in [0.2, 0.25) is 0 Å². The van der Waals surface area contributed by atoms with Gasteiger partial charge in [0.05, 0.1) is 6.42 Å². The van der Waals surface area contributed by atoms with Crippen LogP contribution >= 0.6 is 0 Å². The molecule has 71 heavy (non-hydrogen) atoms. The molecule has 368 valence electrons. The molecule has 1 aliphatic carbocycles. The highest BCUT2D eigenvalue weighted by atomic mass is 16.2. The van der Waals surface area contributed by atoms with Crippen molar-refractivity contribution in [2.24, 2.45) is 22.2 Å². The van der Waals surface area contributed by atoms with Crippen LogP contribution in [-0.4, -0.2) is 76.6 Å². The number of carbonyl (C=O) groups is 6. The molecule has 0 saturated heterocycles. The average molecular weight is 959 g/mol. The van der Waals surface area contributed by atoms with Gasteiger partial charge in [0, 0.05) is 48.6 Å². The third-order valence-corrected chi connectivity index (χ3v) is 13.0. The van der Waals surface area contributed by atoms with Gasteiger partial charge in [0.15, 0.2) is 5.96 Å². The number of nitrogens with zero attached hydrogens (tertiary/aromatic N) is 1. The topological polar surface area (TPSA) is 269 Å². The van der Waals surface area contributed by atoms with E-state index >= 15 is 0 Å². The van der Waals surface area contributed by atoms with Crippen LogP contribution in [-0.2, 0) is 49.8 Å². The Bertz CT molecular complexity index is 2810. The van der Waals surface area contributed by atoms with E-state index in [1.807, 2.05) is 103 Å². The van der Waals surface area contributed by atoms with Crippen molar-refractivity contribution in [1.29, 1.82) is 0 Å². The van der Waals surface area contributed by atoms with Gasteiger partial charge in [-0.1, -0.05) is 121 Å². The van der Waals surface area contributed by atoms with Gasteiger partial charge in [0.25, 0.3) is 0 Å². The summed E-state index contributed by atoms with van der Waals surface area (Å²) in [6, 6.07) is 39.1. The Morgan fingerprint density at radius 1 is 0.648 bits per heavy atom. The number of benzene rings is 5. The van der Waals surface area contributed by atoms with Gasteiger partial charge in [-0.3, -0.25) is 33.8 Å². The van der Waals surface area contributed by atoms with Crippen molar-refractivity contribution >= 4 is 52.3 Å². The fourth-order valence-corrected chi connectivity index (χ4v) is 9.22. The number of nitrogens with one attached hydrogen (secondary N) is 6. The van der Waals surface area contributed by atoms with Crippen LogP contribution in [0.5, 0.6) is 0 Å². The van der Waals surface area contributed by atoms with Crippen LogP contribution in [0.1, 0.15) is 82.6 Å². The normalized spacial score (nSPS) is 16.6. The van der Waals surface area contributed by atoms with Gasteiger partial charge >= 0.3 is 0 Å². The molecule has 1 fully saturated rings. The molecule has 1 aliphatic rings. The Labute approximate surface area is 413 Å². The average Bonchev–Trinajstić information content (AvgIpc) is 3.79. The molecule has 3 atom stereocenters. The molecule has 0 radical (unpaired) electrons. The van der Waals surface area contributed by atoms with Gasteiger partial charge in [-0.2, -0.15) is 0 Å². The predicted octanol–water partition coefficient (Wildman–Crippen LogP) is 4.33. The molecular weight excluding hydrogens is 897 g/mol. The summed E-state index contributed by atoms with van der Waals surface area (Å²) in [4.78, 5) is 91.6. The Hall–Kier alpha value is -8.27. The number of hydrogen-bond donors (Lipinski definition) is 9. The summed E-state index contributed by atoms with van der Waals surface area (Å²) in [5.74, 6) is -3.25. The minimum absolute atomic E-state index is 0.0286. The highest BCUT2D eigenvalue weighted by molar-refractivity contribution is 5.98. The highest BCUT2D eigenvalue weighted by Crippen LogP contribution is 2.38. The van der Waals surface area contributed by atoms with Gasteiger partial charge in [-0.15, -0.1) is 0 Å². The number of aromatic nitrogens is 1. The van der Waals surface area contributed by atoms with Crippen LogP contribution < -0.4 is 43.8 Å². The number of primary amides is 1. The Morgan fingerprint density at radius 3 is 1.94 bits per heavy atom. The molecule has 0 spiro atoms. The smallest absolute Gasteiger partial charge is 0.248 e. The third kappa shape index (κ3) is 14.2. The zero-order valence-corrected chi connectivity index (χ0v) is 39.6. The van der Waals surface area contributed by atoms with E-state index in [-0.39, 0.29) is 68.5 Å². The van der Waals surface area contributed by atoms with Crippen molar-refractivity contribution in [2.75, 3.05) is 6.54 Å². The molecule has 0 bridgehead atoms. The van der Waals surface area contributed by atoms with Crippen molar-refractivity contribution in [2.45, 2.75) is 93.9 Å². The zero-order valence-electron chi connectivity index (χ0n) is 39.6. The Balaban J connectivity index is 1.15. The summed E-state index contributed by atoms with van der Waals surface area (Å²) < 4.78 is 0. The molecule has 0 unspecified atom stereocenters. The maximum Gasteiger partial charge on any atom is 0.248 e. The lowest BCUT2D eigenvalue weighted by atomic mass is 9.73. The monoisotopic (exact) mass is 958 g/mol. The van der Waals surface area contributed by atoms with E-state index in [2.05, 4.69) is 48.7 Å². The van der Waals surface area contributed by atoms with E-state index in [0.717, 1.165) is 33.2 Å². The van der Waals surface area contributed by atoms with Crippen LogP contribution in [0.15, 0.2) is 151 Å². The maximum absolute atomic E-state index is 14.9. The first-order valence-corrected chi connectivity index (χ1v) is 24.0. The number of carbonyl (C=O) groups excluding carboxylic acids is 6. The molecule has 6 amide bonds. The SMILES string of the molecule is NC(=O)c1cccc(CNC(=O)[C@H](Cc2c[nH]c3ccccc23)NC(=O)[C@H](CCCN=C(N)N)NC(=O)[C@@H](Cc2ccccc2)NC(=O)C2(NC(=O)Cc3ccccc3)CCC(c3ccccc3)CC2)c1. The molecule has 6 aromatic rings. The largest absolute Gasteiger partial charge is 0.370 e. The van der Waals surface area contributed by atoms with E-state index in [1.165, 1.54) is 0 Å². The quantitative estimate of drug-likeness (QED) is 0.0268. The van der Waals surface area contributed by atoms with Crippen molar-refractivity contribution in [3.63, 3.8) is 0 Å². The first-order chi connectivity index (χ1) is 34.4. The lowest BCUT2D eigenvalue weighted by molar-refractivity contribution is -0.138. The Morgan fingerprint density at radius 2 is 1.25 bits per heavy atom. The van der Waals surface area contributed by atoms with Crippen molar-refractivity contribution in [3.05, 3.63) is 179 Å². The number of amides is 6. The minimum atomic E-state index is -1.34. The van der Waals surface area contributed by atoms with Crippen molar-refractivity contribution < 1.29 is 28.8 Å². The van der Waals surface area contributed by atoms with E-state index in [4.69, 9.17) is 17.2 Å². The second kappa shape index (κ2) is 24.3. The fraction of sp³-hybridized carbons (Fsp3) is 0.291. The number of fused-ring (bicyclic) bond motifs is 1. The van der Waals surface area contributed by atoms with Gasteiger partial charge in [0.2, 0.25) is 35.4 Å². The molecule has 1 aromatic heterocycles. The number of aliphatic imine (C=N–C) groups is 1. The van der Waals surface area contributed by atoms with Crippen LogP contribution in [0, 0.1) is 0 Å². The predicted molar refractivity (Wildman–Crippen MR) is 273 cm³/mol. The van der Waals surface area contributed by atoms with Crippen molar-refractivity contribution in [3.8, 4) is 0 Å². The van der Waals surface area contributed by atoms with Gasteiger partial charge < -0.3 is 48.8 Å². The van der Waals surface area contributed by atoms with Gasteiger partial charge in [-0.05, 0) is 90.5 Å². The van der Waals surface area contributed by atoms with Crippen LogP contribution in [0.3, 0.4) is 0 Å². The van der Waals surface area contributed by atoms with Crippen LogP contribution in [0.25, 0.3) is 10.9 Å². The Kier molecular flexibility index (Phi) is 17.3. The first-order valence-electron chi connectivity index (χ1n) is 24.0. The van der Waals surface area contributed by atoms with Crippen molar-refractivity contribution in [1.82, 2.24) is 31.6 Å².